The van der Waals surface area contributed by atoms with Crippen molar-refractivity contribution >= 4 is 41.7 Å². The molecule has 1 aromatic rings. The first kappa shape index (κ1) is 17.6. The average Bonchev–Trinajstić information content (AvgIpc) is 2.34. The van der Waals surface area contributed by atoms with Crippen molar-refractivity contribution in [3.05, 3.63) is 34.9 Å². The fourth-order valence-electron chi connectivity index (χ4n) is 1.30. The summed E-state index contributed by atoms with van der Waals surface area (Å²) in [6.07, 6.45) is 2.70. The number of rotatable bonds is 6. The second kappa shape index (κ2) is 9.50. The van der Waals surface area contributed by atoms with Gasteiger partial charge in [0.25, 0.3) is 0 Å². The van der Waals surface area contributed by atoms with Crippen LogP contribution in [-0.2, 0) is 11.3 Å². The van der Waals surface area contributed by atoms with Crippen LogP contribution in [0.4, 0.5) is 0 Å². The van der Waals surface area contributed by atoms with Crippen LogP contribution in [0.15, 0.2) is 24.3 Å². The normalized spacial score (nSPS) is 11.5. The summed E-state index contributed by atoms with van der Waals surface area (Å²) in [6.45, 7) is 0.489. The van der Waals surface area contributed by atoms with Crippen molar-refractivity contribution < 1.29 is 4.79 Å². The molecule has 18 heavy (non-hydrogen) atoms. The lowest BCUT2D eigenvalue weighted by Crippen LogP contribution is -2.40. The standard InChI is InChI=1S/C12H17ClN2OS.ClH/c1-17-7-6-11(14)12(16)15-8-9-2-4-10(13)5-3-9;/h2-5,11H,6-8,14H2,1H3,(H,15,16);1H/t11-;/m0./s1. The van der Waals surface area contributed by atoms with Crippen LogP contribution in [0, 0.1) is 0 Å². The van der Waals surface area contributed by atoms with E-state index in [2.05, 4.69) is 5.32 Å². The number of nitrogens with one attached hydrogen (secondary N) is 1. The Morgan fingerprint density at radius 2 is 2.06 bits per heavy atom. The number of hydrogen-bond donors (Lipinski definition) is 2. The van der Waals surface area contributed by atoms with E-state index in [9.17, 15) is 4.79 Å². The van der Waals surface area contributed by atoms with Crippen LogP contribution in [-0.4, -0.2) is 24.0 Å². The Bertz CT molecular complexity index is 360. The first-order chi connectivity index (χ1) is 8.13. The summed E-state index contributed by atoms with van der Waals surface area (Å²) in [5, 5.41) is 3.50. The third-order valence-corrected chi connectivity index (χ3v) is 3.25. The van der Waals surface area contributed by atoms with Gasteiger partial charge < -0.3 is 11.1 Å². The van der Waals surface area contributed by atoms with Gasteiger partial charge in [-0.2, -0.15) is 11.8 Å². The van der Waals surface area contributed by atoms with E-state index in [0.717, 1.165) is 11.3 Å². The Hall–Kier alpha value is -0.420. The summed E-state index contributed by atoms with van der Waals surface area (Å²) in [6, 6.07) is 6.95. The second-order valence-corrected chi connectivity index (χ2v) is 5.15. The molecule has 0 aliphatic rings. The van der Waals surface area contributed by atoms with E-state index in [0.29, 0.717) is 18.0 Å². The minimum Gasteiger partial charge on any atom is -0.351 e. The van der Waals surface area contributed by atoms with E-state index >= 15 is 0 Å². The monoisotopic (exact) mass is 308 g/mol. The molecule has 3 nitrogen and oxygen atoms in total. The smallest absolute Gasteiger partial charge is 0.237 e. The van der Waals surface area contributed by atoms with Gasteiger partial charge in [0.05, 0.1) is 6.04 Å². The number of nitrogens with two attached hydrogens (primary N) is 1. The molecular weight excluding hydrogens is 291 g/mol. The van der Waals surface area contributed by atoms with Crippen molar-refractivity contribution in [3.63, 3.8) is 0 Å². The van der Waals surface area contributed by atoms with Gasteiger partial charge in [-0.15, -0.1) is 12.4 Å². The predicted molar refractivity (Wildman–Crippen MR) is 81.5 cm³/mol. The van der Waals surface area contributed by atoms with Crippen molar-refractivity contribution in [2.45, 2.75) is 19.0 Å². The average molecular weight is 309 g/mol. The van der Waals surface area contributed by atoms with Crippen LogP contribution in [0.3, 0.4) is 0 Å². The SMILES string of the molecule is CSCC[C@H](N)C(=O)NCc1ccc(Cl)cc1.Cl. The van der Waals surface area contributed by atoms with Gasteiger partial charge in [0.2, 0.25) is 5.91 Å². The molecule has 0 spiro atoms. The number of carbonyl (C=O) groups excluding carboxylic acids is 1. The molecule has 0 fully saturated rings. The number of benzene rings is 1. The van der Waals surface area contributed by atoms with Gasteiger partial charge in [0.1, 0.15) is 0 Å². The lowest BCUT2D eigenvalue weighted by Gasteiger charge is -2.11. The molecular formula is C12H18Cl2N2OS. The summed E-state index contributed by atoms with van der Waals surface area (Å²) >= 11 is 7.46. The molecule has 1 atom stereocenters. The predicted octanol–water partition coefficient (Wildman–Crippen LogP) is 2.46. The zero-order chi connectivity index (χ0) is 12.7. The maximum Gasteiger partial charge on any atom is 0.237 e. The van der Waals surface area contributed by atoms with E-state index in [1.165, 1.54) is 0 Å². The van der Waals surface area contributed by atoms with Crippen molar-refractivity contribution in [2.75, 3.05) is 12.0 Å². The molecule has 6 heteroatoms. The molecule has 0 radical (unpaired) electrons. The number of thioether (sulfide) groups is 1. The first-order valence-electron chi connectivity index (χ1n) is 5.40. The van der Waals surface area contributed by atoms with Gasteiger partial charge in [0, 0.05) is 11.6 Å². The zero-order valence-corrected chi connectivity index (χ0v) is 12.6. The number of amides is 1. The van der Waals surface area contributed by atoms with Crippen LogP contribution in [0.25, 0.3) is 0 Å². The minimum atomic E-state index is -0.422. The second-order valence-electron chi connectivity index (χ2n) is 3.73. The highest BCUT2D eigenvalue weighted by atomic mass is 35.5. The highest BCUT2D eigenvalue weighted by Crippen LogP contribution is 2.09. The molecule has 1 amide bonds. The molecule has 0 aromatic heterocycles. The molecule has 1 rings (SSSR count). The third-order valence-electron chi connectivity index (χ3n) is 2.35. The Morgan fingerprint density at radius 3 is 2.61 bits per heavy atom. The first-order valence-corrected chi connectivity index (χ1v) is 7.17. The molecule has 0 bridgehead atoms. The van der Waals surface area contributed by atoms with Crippen LogP contribution >= 0.6 is 35.8 Å². The van der Waals surface area contributed by atoms with E-state index in [4.69, 9.17) is 17.3 Å². The topological polar surface area (TPSA) is 55.1 Å². The fourth-order valence-corrected chi connectivity index (χ4v) is 1.91. The Balaban J connectivity index is 0.00000289. The highest BCUT2D eigenvalue weighted by molar-refractivity contribution is 7.98. The number of carbonyl (C=O) groups is 1. The van der Waals surface area contributed by atoms with E-state index < -0.39 is 6.04 Å². The highest BCUT2D eigenvalue weighted by Gasteiger charge is 2.11. The lowest BCUT2D eigenvalue weighted by atomic mass is 10.2. The molecule has 0 saturated carbocycles. The van der Waals surface area contributed by atoms with Gasteiger partial charge in [-0.05, 0) is 36.1 Å². The van der Waals surface area contributed by atoms with Crippen molar-refractivity contribution in [1.29, 1.82) is 0 Å². The van der Waals surface area contributed by atoms with Crippen LogP contribution in [0.1, 0.15) is 12.0 Å². The fraction of sp³-hybridized carbons (Fsp3) is 0.417. The van der Waals surface area contributed by atoms with Crippen molar-refractivity contribution in [2.24, 2.45) is 5.73 Å². The molecule has 0 saturated heterocycles. The zero-order valence-electron chi connectivity index (χ0n) is 10.2. The van der Waals surface area contributed by atoms with Gasteiger partial charge in [-0.3, -0.25) is 4.79 Å². The number of hydrogen-bond acceptors (Lipinski definition) is 3. The largest absolute Gasteiger partial charge is 0.351 e. The molecule has 0 aliphatic carbocycles. The quantitative estimate of drug-likeness (QED) is 0.849. The third kappa shape index (κ3) is 6.50. The summed E-state index contributed by atoms with van der Waals surface area (Å²) in [7, 11) is 0. The summed E-state index contributed by atoms with van der Waals surface area (Å²) in [4.78, 5) is 11.6. The van der Waals surface area contributed by atoms with Crippen LogP contribution in [0.2, 0.25) is 5.02 Å². The molecule has 102 valence electrons. The molecule has 1 aromatic carbocycles. The summed E-state index contributed by atoms with van der Waals surface area (Å²) in [5.74, 6) is 0.796. The van der Waals surface area contributed by atoms with Gasteiger partial charge in [-0.25, -0.2) is 0 Å². The minimum absolute atomic E-state index is 0. The number of halogens is 2. The Labute approximate surface area is 123 Å². The lowest BCUT2D eigenvalue weighted by molar-refractivity contribution is -0.122. The Morgan fingerprint density at radius 1 is 1.44 bits per heavy atom. The van der Waals surface area contributed by atoms with Crippen molar-refractivity contribution in [1.82, 2.24) is 5.32 Å². The molecule has 3 N–H and O–H groups in total. The summed E-state index contributed by atoms with van der Waals surface area (Å²) < 4.78 is 0. The van der Waals surface area contributed by atoms with E-state index in [1.54, 1.807) is 23.9 Å². The molecule has 0 heterocycles. The van der Waals surface area contributed by atoms with E-state index in [1.807, 2.05) is 18.4 Å². The summed E-state index contributed by atoms with van der Waals surface area (Å²) in [5.41, 5.74) is 6.76. The van der Waals surface area contributed by atoms with Gasteiger partial charge in [-0.1, -0.05) is 23.7 Å². The van der Waals surface area contributed by atoms with Gasteiger partial charge in [0.15, 0.2) is 0 Å². The maximum absolute atomic E-state index is 11.6. The van der Waals surface area contributed by atoms with Crippen LogP contribution in [0.5, 0.6) is 0 Å². The van der Waals surface area contributed by atoms with Crippen LogP contribution < -0.4 is 11.1 Å². The Kier molecular flexibility index (Phi) is 9.28. The van der Waals surface area contributed by atoms with E-state index in [-0.39, 0.29) is 18.3 Å². The molecule has 0 aliphatic heterocycles. The van der Waals surface area contributed by atoms with Crippen molar-refractivity contribution in [3.8, 4) is 0 Å². The molecule has 0 unspecified atom stereocenters. The van der Waals surface area contributed by atoms with Gasteiger partial charge >= 0.3 is 0 Å². The maximum atomic E-state index is 11.6.